The Kier molecular flexibility index (Phi) is 4.03. The highest BCUT2D eigenvalue weighted by Gasteiger charge is 2.21. The Morgan fingerprint density at radius 2 is 2.00 bits per heavy atom. The molecule has 0 radical (unpaired) electrons. The molecule has 1 aliphatic rings. The van der Waals surface area contributed by atoms with Crippen molar-refractivity contribution in [1.82, 2.24) is 5.32 Å². The summed E-state index contributed by atoms with van der Waals surface area (Å²) in [5.41, 5.74) is 4.12. The number of nitrogens with one attached hydrogen (secondary N) is 1. The molecule has 104 valence electrons. The maximum Gasteiger partial charge on any atom is 0.119 e. The topological polar surface area (TPSA) is 21.3 Å². The summed E-state index contributed by atoms with van der Waals surface area (Å²) >= 11 is 0. The van der Waals surface area contributed by atoms with Crippen LogP contribution < -0.4 is 10.1 Å². The van der Waals surface area contributed by atoms with Gasteiger partial charge >= 0.3 is 0 Å². The summed E-state index contributed by atoms with van der Waals surface area (Å²) in [5, 5.41) is 3.61. The average Bonchev–Trinajstić information content (AvgIpc) is 2.53. The molecule has 2 aromatic rings. The van der Waals surface area contributed by atoms with Gasteiger partial charge < -0.3 is 10.1 Å². The van der Waals surface area contributed by atoms with E-state index in [4.69, 9.17) is 4.74 Å². The molecule has 1 N–H and O–H groups in total. The van der Waals surface area contributed by atoms with Crippen molar-refractivity contribution in [2.24, 2.45) is 0 Å². The predicted molar refractivity (Wildman–Crippen MR) is 82.2 cm³/mol. The normalized spacial score (nSPS) is 17.6. The second kappa shape index (κ2) is 6.10. The zero-order chi connectivity index (χ0) is 13.8. The quantitative estimate of drug-likeness (QED) is 0.911. The third-order valence-corrected chi connectivity index (χ3v) is 3.77. The van der Waals surface area contributed by atoms with Gasteiger partial charge in [0.25, 0.3) is 0 Å². The summed E-state index contributed by atoms with van der Waals surface area (Å²) in [7, 11) is 0. The van der Waals surface area contributed by atoms with Gasteiger partial charge in [-0.15, -0.1) is 0 Å². The van der Waals surface area contributed by atoms with Crippen molar-refractivity contribution in [2.75, 3.05) is 13.2 Å². The van der Waals surface area contributed by atoms with Crippen LogP contribution in [0.3, 0.4) is 0 Å². The Morgan fingerprint density at radius 3 is 2.80 bits per heavy atom. The van der Waals surface area contributed by atoms with Crippen LogP contribution in [0.2, 0.25) is 0 Å². The molecule has 2 nitrogen and oxygen atoms in total. The molecule has 1 heterocycles. The molecular weight excluding hydrogens is 246 g/mol. The van der Waals surface area contributed by atoms with Crippen LogP contribution in [-0.2, 0) is 6.42 Å². The van der Waals surface area contributed by atoms with Gasteiger partial charge in [0.1, 0.15) is 5.75 Å². The first-order chi connectivity index (χ1) is 9.88. The van der Waals surface area contributed by atoms with E-state index in [-0.39, 0.29) is 0 Å². The van der Waals surface area contributed by atoms with Crippen LogP contribution in [0.5, 0.6) is 5.75 Å². The largest absolute Gasteiger partial charge is 0.494 e. The molecule has 0 saturated carbocycles. The SMILES string of the molecule is CCCOc1ccc2c(c1)CCNC2c1ccccc1. The maximum atomic E-state index is 5.74. The van der Waals surface area contributed by atoms with Crippen LogP contribution in [0.4, 0.5) is 0 Å². The van der Waals surface area contributed by atoms with E-state index in [0.29, 0.717) is 6.04 Å². The molecule has 2 heteroatoms. The molecule has 0 aromatic heterocycles. The number of rotatable bonds is 4. The van der Waals surface area contributed by atoms with E-state index in [1.54, 1.807) is 0 Å². The lowest BCUT2D eigenvalue weighted by Crippen LogP contribution is -2.30. The van der Waals surface area contributed by atoms with Gasteiger partial charge in [0, 0.05) is 6.54 Å². The molecule has 0 aliphatic carbocycles. The van der Waals surface area contributed by atoms with Crippen LogP contribution in [-0.4, -0.2) is 13.2 Å². The van der Waals surface area contributed by atoms with Crippen molar-refractivity contribution in [2.45, 2.75) is 25.8 Å². The summed E-state index contributed by atoms with van der Waals surface area (Å²) in [6, 6.07) is 17.5. The minimum Gasteiger partial charge on any atom is -0.494 e. The molecule has 0 spiro atoms. The molecule has 2 aromatic carbocycles. The van der Waals surface area contributed by atoms with Crippen LogP contribution >= 0.6 is 0 Å². The van der Waals surface area contributed by atoms with E-state index in [2.05, 4.69) is 60.8 Å². The number of hydrogen-bond acceptors (Lipinski definition) is 2. The fourth-order valence-corrected chi connectivity index (χ4v) is 2.79. The fourth-order valence-electron chi connectivity index (χ4n) is 2.79. The molecule has 0 fully saturated rings. The van der Waals surface area contributed by atoms with Gasteiger partial charge in [0.05, 0.1) is 12.6 Å². The third-order valence-electron chi connectivity index (χ3n) is 3.77. The lowest BCUT2D eigenvalue weighted by atomic mass is 9.90. The van der Waals surface area contributed by atoms with Gasteiger partial charge in [-0.25, -0.2) is 0 Å². The van der Waals surface area contributed by atoms with Gasteiger partial charge in [0.15, 0.2) is 0 Å². The highest BCUT2D eigenvalue weighted by Crippen LogP contribution is 2.31. The summed E-state index contributed by atoms with van der Waals surface area (Å²) in [4.78, 5) is 0. The van der Waals surface area contributed by atoms with Gasteiger partial charge in [-0.1, -0.05) is 43.3 Å². The number of hydrogen-bond donors (Lipinski definition) is 1. The van der Waals surface area contributed by atoms with E-state index < -0.39 is 0 Å². The monoisotopic (exact) mass is 267 g/mol. The summed E-state index contributed by atoms with van der Waals surface area (Å²) in [6.07, 6.45) is 2.12. The molecular formula is C18H21NO. The minimum absolute atomic E-state index is 0.306. The maximum absolute atomic E-state index is 5.74. The molecule has 0 amide bonds. The van der Waals surface area contributed by atoms with E-state index in [1.807, 2.05) is 0 Å². The zero-order valence-corrected chi connectivity index (χ0v) is 11.9. The lowest BCUT2D eigenvalue weighted by molar-refractivity contribution is 0.316. The highest BCUT2D eigenvalue weighted by atomic mass is 16.5. The summed E-state index contributed by atoms with van der Waals surface area (Å²) < 4.78 is 5.74. The van der Waals surface area contributed by atoms with Gasteiger partial charge in [-0.2, -0.15) is 0 Å². The Balaban J connectivity index is 1.89. The Labute approximate surface area is 120 Å². The van der Waals surface area contributed by atoms with Crippen molar-refractivity contribution >= 4 is 0 Å². The fraction of sp³-hybridized carbons (Fsp3) is 0.333. The van der Waals surface area contributed by atoms with E-state index >= 15 is 0 Å². The Bertz CT molecular complexity index is 565. The van der Waals surface area contributed by atoms with Crippen molar-refractivity contribution in [1.29, 1.82) is 0 Å². The van der Waals surface area contributed by atoms with Crippen molar-refractivity contribution in [3.8, 4) is 5.75 Å². The molecule has 20 heavy (non-hydrogen) atoms. The van der Waals surface area contributed by atoms with Crippen molar-refractivity contribution in [3.63, 3.8) is 0 Å². The first kappa shape index (κ1) is 13.2. The van der Waals surface area contributed by atoms with Crippen molar-refractivity contribution < 1.29 is 4.74 Å². The molecule has 1 aliphatic heterocycles. The molecule has 0 bridgehead atoms. The van der Waals surface area contributed by atoms with Crippen LogP contribution in [0.15, 0.2) is 48.5 Å². The Morgan fingerprint density at radius 1 is 1.15 bits per heavy atom. The predicted octanol–water partition coefficient (Wildman–Crippen LogP) is 3.71. The average molecular weight is 267 g/mol. The molecule has 1 unspecified atom stereocenters. The first-order valence-electron chi connectivity index (χ1n) is 7.42. The van der Waals surface area contributed by atoms with Crippen molar-refractivity contribution in [3.05, 3.63) is 65.2 Å². The number of fused-ring (bicyclic) bond motifs is 1. The van der Waals surface area contributed by atoms with Gasteiger partial charge in [-0.05, 0) is 41.7 Å². The van der Waals surface area contributed by atoms with Gasteiger partial charge in [0.2, 0.25) is 0 Å². The molecule has 3 rings (SSSR count). The summed E-state index contributed by atoms with van der Waals surface area (Å²) in [5.74, 6) is 0.999. The van der Waals surface area contributed by atoms with E-state index in [0.717, 1.165) is 31.7 Å². The molecule has 0 saturated heterocycles. The van der Waals surface area contributed by atoms with Crippen LogP contribution in [0.1, 0.15) is 36.1 Å². The first-order valence-corrected chi connectivity index (χ1v) is 7.42. The standard InChI is InChI=1S/C18H21NO/c1-2-12-20-16-8-9-17-15(13-16)10-11-19-18(17)14-6-4-3-5-7-14/h3-9,13,18-19H,2,10-12H2,1H3. The Hall–Kier alpha value is -1.80. The number of benzene rings is 2. The minimum atomic E-state index is 0.306. The van der Waals surface area contributed by atoms with E-state index in [1.165, 1.54) is 16.7 Å². The second-order valence-corrected chi connectivity index (χ2v) is 5.26. The third kappa shape index (κ3) is 2.70. The van der Waals surface area contributed by atoms with Crippen LogP contribution in [0.25, 0.3) is 0 Å². The molecule has 1 atom stereocenters. The zero-order valence-electron chi connectivity index (χ0n) is 11.9. The number of ether oxygens (including phenoxy) is 1. The second-order valence-electron chi connectivity index (χ2n) is 5.26. The van der Waals surface area contributed by atoms with E-state index in [9.17, 15) is 0 Å². The summed E-state index contributed by atoms with van der Waals surface area (Å²) in [6.45, 7) is 3.94. The highest BCUT2D eigenvalue weighted by molar-refractivity contribution is 5.43. The lowest BCUT2D eigenvalue weighted by Gasteiger charge is -2.27. The van der Waals surface area contributed by atoms with Gasteiger partial charge in [-0.3, -0.25) is 0 Å². The van der Waals surface area contributed by atoms with Crippen LogP contribution in [0, 0.1) is 0 Å². The smallest absolute Gasteiger partial charge is 0.119 e.